The fraction of sp³-hybridized carbons (Fsp3) is 0.667. The first kappa shape index (κ1) is 12.0. The zero-order chi connectivity index (χ0) is 10.5. The summed E-state index contributed by atoms with van der Waals surface area (Å²) < 4.78 is 5.42. The molecule has 0 radical (unpaired) electrons. The lowest BCUT2D eigenvalue weighted by Gasteiger charge is -2.21. The van der Waals surface area contributed by atoms with Crippen molar-refractivity contribution in [3.63, 3.8) is 0 Å². The van der Waals surface area contributed by atoms with E-state index in [2.05, 4.69) is 11.6 Å². The number of hydrogen-bond acceptors (Lipinski definition) is 3. The first-order valence-corrected chi connectivity index (χ1v) is 4.13. The molecule has 2 N–H and O–H groups in total. The fourth-order valence-electron chi connectivity index (χ4n) is 0.707. The molecule has 4 nitrogen and oxygen atoms in total. The maximum absolute atomic E-state index is 8.43. The Morgan fingerprint density at radius 3 is 2.46 bits per heavy atom. The van der Waals surface area contributed by atoms with Crippen LogP contribution in [0.4, 0.5) is 0 Å². The number of nitrogens with one attached hydrogen (secondary N) is 1. The highest BCUT2D eigenvalue weighted by Crippen LogP contribution is 2.11. The van der Waals surface area contributed by atoms with Gasteiger partial charge in [0.25, 0.3) is 0 Å². The molecule has 0 aliphatic rings. The molecule has 0 bridgehead atoms. The Labute approximate surface area is 79.3 Å². The topological polar surface area (TPSA) is 53.9 Å². The largest absolute Gasteiger partial charge is 0.491 e. The van der Waals surface area contributed by atoms with E-state index in [0.717, 1.165) is 0 Å². The maximum Gasteiger partial charge on any atom is 0.117 e. The zero-order valence-corrected chi connectivity index (χ0v) is 8.72. The molecule has 0 aliphatic heterocycles. The van der Waals surface area contributed by atoms with E-state index in [0.29, 0.717) is 18.1 Å². The van der Waals surface area contributed by atoms with Crippen molar-refractivity contribution in [2.45, 2.75) is 33.3 Å². The van der Waals surface area contributed by atoms with Crippen LogP contribution in [0.5, 0.6) is 0 Å². The number of hydroxylamine groups is 1. The van der Waals surface area contributed by atoms with Gasteiger partial charge in [-0.05, 0) is 27.7 Å². The molecule has 0 heterocycles. The van der Waals surface area contributed by atoms with Gasteiger partial charge in [-0.15, -0.1) is 0 Å². The molecule has 0 aromatic carbocycles. The highest BCUT2D eigenvalue weighted by Gasteiger charge is 2.11. The van der Waals surface area contributed by atoms with Crippen molar-refractivity contribution in [2.75, 3.05) is 6.54 Å². The van der Waals surface area contributed by atoms with Crippen LogP contribution in [0, 0.1) is 0 Å². The average molecular weight is 186 g/mol. The lowest BCUT2D eigenvalue weighted by Crippen LogP contribution is -2.20. The van der Waals surface area contributed by atoms with Gasteiger partial charge in [0, 0.05) is 0 Å². The van der Waals surface area contributed by atoms with Crippen LogP contribution in [0.15, 0.2) is 17.3 Å². The molecular weight excluding hydrogens is 168 g/mol. The Balaban J connectivity index is 3.90. The summed E-state index contributed by atoms with van der Waals surface area (Å²) in [5.41, 5.74) is 1.69. The maximum atomic E-state index is 8.43. The molecule has 0 aromatic heterocycles. The Kier molecular flexibility index (Phi) is 4.48. The lowest BCUT2D eigenvalue weighted by atomic mass is 10.2. The molecule has 0 unspecified atom stereocenters. The second-order valence-corrected chi connectivity index (χ2v) is 3.77. The smallest absolute Gasteiger partial charge is 0.117 e. The van der Waals surface area contributed by atoms with Crippen LogP contribution < -0.4 is 5.48 Å². The number of aliphatic imine (C=N–C) groups is 1. The SMILES string of the molecule is C=C(CN=C(C)NO)OC(C)(C)C. The van der Waals surface area contributed by atoms with Gasteiger partial charge in [-0.3, -0.25) is 15.7 Å². The zero-order valence-electron chi connectivity index (χ0n) is 8.72. The quantitative estimate of drug-likeness (QED) is 0.305. The van der Waals surface area contributed by atoms with Crippen LogP contribution in [-0.4, -0.2) is 23.2 Å². The van der Waals surface area contributed by atoms with E-state index in [1.807, 2.05) is 26.3 Å². The molecule has 0 atom stereocenters. The summed E-state index contributed by atoms with van der Waals surface area (Å²) in [6.07, 6.45) is 0. The van der Waals surface area contributed by atoms with Crippen molar-refractivity contribution in [3.8, 4) is 0 Å². The van der Waals surface area contributed by atoms with Crippen molar-refractivity contribution in [3.05, 3.63) is 12.3 Å². The van der Waals surface area contributed by atoms with Crippen LogP contribution in [0.25, 0.3) is 0 Å². The minimum absolute atomic E-state index is 0.243. The minimum atomic E-state index is -0.243. The normalized spacial score (nSPS) is 12.5. The number of hydrogen-bond donors (Lipinski definition) is 2. The van der Waals surface area contributed by atoms with Gasteiger partial charge in [0.1, 0.15) is 17.2 Å². The van der Waals surface area contributed by atoms with Crippen molar-refractivity contribution >= 4 is 5.84 Å². The molecular formula is C9H18N2O2. The number of ether oxygens (including phenoxy) is 1. The van der Waals surface area contributed by atoms with Gasteiger partial charge in [0.15, 0.2) is 0 Å². The lowest BCUT2D eigenvalue weighted by molar-refractivity contribution is 0.0520. The molecule has 4 heteroatoms. The second kappa shape index (κ2) is 4.87. The third kappa shape index (κ3) is 7.33. The molecule has 0 aromatic rings. The number of amidine groups is 1. The van der Waals surface area contributed by atoms with Crippen molar-refractivity contribution < 1.29 is 9.94 Å². The van der Waals surface area contributed by atoms with Crippen LogP contribution >= 0.6 is 0 Å². The summed E-state index contributed by atoms with van der Waals surface area (Å²) in [6.45, 7) is 11.6. The summed E-state index contributed by atoms with van der Waals surface area (Å²) in [5, 5.41) is 8.43. The van der Waals surface area contributed by atoms with Gasteiger partial charge in [0.05, 0.1) is 6.54 Å². The Bertz CT molecular complexity index is 204. The van der Waals surface area contributed by atoms with E-state index in [-0.39, 0.29) is 5.60 Å². The van der Waals surface area contributed by atoms with Crippen LogP contribution in [0.3, 0.4) is 0 Å². The van der Waals surface area contributed by atoms with Crippen LogP contribution in [0.1, 0.15) is 27.7 Å². The monoisotopic (exact) mass is 186 g/mol. The minimum Gasteiger partial charge on any atom is -0.491 e. The standard InChI is InChI=1S/C9H18N2O2/c1-7(13-9(3,4)5)6-10-8(2)11-12/h12H,1,6H2,2-5H3,(H,10,11). The Morgan fingerprint density at radius 2 is 2.08 bits per heavy atom. The third-order valence-electron chi connectivity index (χ3n) is 1.10. The van der Waals surface area contributed by atoms with Gasteiger partial charge >= 0.3 is 0 Å². The van der Waals surface area contributed by atoms with E-state index in [1.54, 1.807) is 6.92 Å². The van der Waals surface area contributed by atoms with Crippen molar-refractivity contribution in [1.29, 1.82) is 0 Å². The third-order valence-corrected chi connectivity index (χ3v) is 1.10. The predicted molar refractivity (Wildman–Crippen MR) is 52.9 cm³/mol. The van der Waals surface area contributed by atoms with Crippen molar-refractivity contribution in [1.82, 2.24) is 5.48 Å². The molecule has 0 saturated heterocycles. The highest BCUT2D eigenvalue weighted by atomic mass is 16.5. The Morgan fingerprint density at radius 1 is 1.54 bits per heavy atom. The van der Waals surface area contributed by atoms with Gasteiger partial charge in [-0.1, -0.05) is 6.58 Å². The molecule has 0 fully saturated rings. The van der Waals surface area contributed by atoms with Gasteiger partial charge in [0.2, 0.25) is 0 Å². The van der Waals surface area contributed by atoms with E-state index in [4.69, 9.17) is 9.94 Å². The first-order chi connectivity index (χ1) is 5.85. The summed E-state index contributed by atoms with van der Waals surface area (Å²) in [4.78, 5) is 3.96. The predicted octanol–water partition coefficient (Wildman–Crippen LogP) is 1.71. The van der Waals surface area contributed by atoms with Gasteiger partial charge in [-0.25, -0.2) is 0 Å². The fourth-order valence-corrected chi connectivity index (χ4v) is 0.707. The van der Waals surface area contributed by atoms with Crippen molar-refractivity contribution in [2.24, 2.45) is 4.99 Å². The second-order valence-electron chi connectivity index (χ2n) is 3.77. The molecule has 76 valence electrons. The van der Waals surface area contributed by atoms with Crippen LogP contribution in [-0.2, 0) is 4.74 Å². The van der Waals surface area contributed by atoms with Crippen LogP contribution in [0.2, 0.25) is 0 Å². The molecule has 0 amide bonds. The Hall–Kier alpha value is -1.03. The van der Waals surface area contributed by atoms with E-state index in [9.17, 15) is 0 Å². The molecule has 0 rings (SSSR count). The highest BCUT2D eigenvalue weighted by molar-refractivity contribution is 5.78. The number of nitrogens with zero attached hydrogens (tertiary/aromatic N) is 1. The van der Waals surface area contributed by atoms with Gasteiger partial charge < -0.3 is 4.74 Å². The summed E-state index contributed by atoms with van der Waals surface area (Å²) in [7, 11) is 0. The van der Waals surface area contributed by atoms with Gasteiger partial charge in [-0.2, -0.15) is 0 Å². The van der Waals surface area contributed by atoms with E-state index in [1.165, 1.54) is 0 Å². The first-order valence-electron chi connectivity index (χ1n) is 4.13. The molecule has 0 aliphatic carbocycles. The van der Waals surface area contributed by atoms with E-state index < -0.39 is 0 Å². The summed E-state index contributed by atoms with van der Waals surface area (Å²) in [6, 6.07) is 0. The molecule has 0 saturated carbocycles. The summed E-state index contributed by atoms with van der Waals surface area (Å²) >= 11 is 0. The molecule has 0 spiro atoms. The average Bonchev–Trinajstić information content (AvgIpc) is 1.97. The number of rotatable bonds is 3. The molecule has 13 heavy (non-hydrogen) atoms. The van der Waals surface area contributed by atoms with E-state index >= 15 is 0 Å². The summed E-state index contributed by atoms with van der Waals surface area (Å²) in [5.74, 6) is 1.03.